The summed E-state index contributed by atoms with van der Waals surface area (Å²) >= 11 is 0. The van der Waals surface area contributed by atoms with Crippen LogP contribution in [-0.2, 0) is 9.53 Å². The molecule has 1 rings (SSSR count). The highest BCUT2D eigenvalue weighted by molar-refractivity contribution is 5.75. The van der Waals surface area contributed by atoms with Crippen molar-refractivity contribution in [3.8, 4) is 0 Å². The van der Waals surface area contributed by atoms with Gasteiger partial charge in [-0.25, -0.2) is 0 Å². The average Bonchev–Trinajstić information content (AvgIpc) is 2.27. The Morgan fingerprint density at radius 1 is 1.60 bits per heavy atom. The van der Waals surface area contributed by atoms with Crippen molar-refractivity contribution in [2.45, 2.75) is 38.6 Å². The van der Waals surface area contributed by atoms with Crippen LogP contribution in [0.25, 0.3) is 0 Å². The molecule has 1 heterocycles. The van der Waals surface area contributed by atoms with Crippen LogP contribution in [-0.4, -0.2) is 36.6 Å². The number of nitrogens with zero attached hydrogens (tertiary/aromatic N) is 1. The van der Waals surface area contributed by atoms with Gasteiger partial charge < -0.3 is 4.74 Å². The molecule has 1 unspecified atom stereocenters. The van der Waals surface area contributed by atoms with Crippen LogP contribution in [0.2, 0.25) is 0 Å². The number of esters is 1. The number of rotatable bonds is 5. The van der Waals surface area contributed by atoms with Crippen molar-refractivity contribution in [1.29, 1.82) is 0 Å². The van der Waals surface area contributed by atoms with Gasteiger partial charge in [-0.2, -0.15) is 0 Å². The first kappa shape index (κ1) is 12.2. The fourth-order valence-corrected chi connectivity index (χ4v) is 2.02. The standard InChI is InChI=1S/C12H21NO2/c1-3-5-9-13-10-7-6-8-11(13)12(14)15-4-2/h3,11H,1,4-10H2,2H3. The SMILES string of the molecule is C=CCCN1CCCCC1C(=O)OCC. The predicted molar refractivity (Wildman–Crippen MR) is 60.7 cm³/mol. The number of hydrogen-bond donors (Lipinski definition) is 0. The molecule has 0 aliphatic carbocycles. The van der Waals surface area contributed by atoms with Crippen LogP contribution < -0.4 is 0 Å². The summed E-state index contributed by atoms with van der Waals surface area (Å²) in [7, 11) is 0. The van der Waals surface area contributed by atoms with Crippen LogP contribution in [0.5, 0.6) is 0 Å². The molecule has 1 saturated heterocycles. The second-order valence-electron chi connectivity index (χ2n) is 3.88. The molecule has 0 saturated carbocycles. The predicted octanol–water partition coefficient (Wildman–Crippen LogP) is 1.98. The van der Waals surface area contributed by atoms with Crippen molar-refractivity contribution in [2.24, 2.45) is 0 Å². The molecule has 0 aromatic carbocycles. The molecular formula is C12H21NO2. The summed E-state index contributed by atoms with van der Waals surface area (Å²) in [5, 5.41) is 0. The van der Waals surface area contributed by atoms with Gasteiger partial charge >= 0.3 is 5.97 Å². The lowest BCUT2D eigenvalue weighted by Crippen LogP contribution is -2.45. The maximum atomic E-state index is 11.7. The summed E-state index contributed by atoms with van der Waals surface area (Å²) < 4.78 is 5.09. The van der Waals surface area contributed by atoms with Gasteiger partial charge in [-0.1, -0.05) is 12.5 Å². The highest BCUT2D eigenvalue weighted by Crippen LogP contribution is 2.18. The summed E-state index contributed by atoms with van der Waals surface area (Å²) in [6.07, 6.45) is 6.10. The van der Waals surface area contributed by atoms with E-state index >= 15 is 0 Å². The Labute approximate surface area is 92.1 Å². The Morgan fingerprint density at radius 3 is 3.07 bits per heavy atom. The molecule has 1 atom stereocenters. The third-order valence-corrected chi connectivity index (χ3v) is 2.79. The van der Waals surface area contributed by atoms with Crippen LogP contribution in [0.3, 0.4) is 0 Å². The normalized spacial score (nSPS) is 22.3. The van der Waals surface area contributed by atoms with E-state index in [0.29, 0.717) is 6.61 Å². The zero-order valence-corrected chi connectivity index (χ0v) is 9.58. The van der Waals surface area contributed by atoms with Gasteiger partial charge in [0.15, 0.2) is 0 Å². The second-order valence-corrected chi connectivity index (χ2v) is 3.88. The highest BCUT2D eigenvalue weighted by Gasteiger charge is 2.28. The quantitative estimate of drug-likeness (QED) is 0.514. The molecule has 15 heavy (non-hydrogen) atoms. The fraction of sp³-hybridized carbons (Fsp3) is 0.750. The first-order valence-electron chi connectivity index (χ1n) is 5.81. The molecule has 1 aliphatic rings. The van der Waals surface area contributed by atoms with Crippen molar-refractivity contribution >= 4 is 5.97 Å². The third kappa shape index (κ3) is 3.67. The highest BCUT2D eigenvalue weighted by atomic mass is 16.5. The van der Waals surface area contributed by atoms with Crippen LogP contribution in [0, 0.1) is 0 Å². The molecule has 0 aromatic rings. The van der Waals surface area contributed by atoms with Crippen LogP contribution in [0.15, 0.2) is 12.7 Å². The summed E-state index contributed by atoms with van der Waals surface area (Å²) in [5.41, 5.74) is 0. The van der Waals surface area contributed by atoms with Crippen molar-refractivity contribution in [3.05, 3.63) is 12.7 Å². The van der Waals surface area contributed by atoms with E-state index in [-0.39, 0.29) is 12.0 Å². The van der Waals surface area contributed by atoms with E-state index in [0.717, 1.165) is 32.4 Å². The van der Waals surface area contributed by atoms with Gasteiger partial charge in [-0.05, 0) is 32.7 Å². The molecule has 86 valence electrons. The fourth-order valence-electron chi connectivity index (χ4n) is 2.02. The minimum Gasteiger partial charge on any atom is -0.465 e. The van der Waals surface area contributed by atoms with E-state index in [2.05, 4.69) is 11.5 Å². The van der Waals surface area contributed by atoms with Crippen LogP contribution in [0.4, 0.5) is 0 Å². The average molecular weight is 211 g/mol. The van der Waals surface area contributed by atoms with Gasteiger partial charge in [0.05, 0.1) is 6.61 Å². The number of carbonyl (C=O) groups excluding carboxylic acids is 1. The van der Waals surface area contributed by atoms with Gasteiger partial charge in [0.25, 0.3) is 0 Å². The minimum absolute atomic E-state index is 0.0151. The zero-order chi connectivity index (χ0) is 11.1. The minimum atomic E-state index is -0.0544. The van der Waals surface area contributed by atoms with Crippen molar-refractivity contribution in [2.75, 3.05) is 19.7 Å². The van der Waals surface area contributed by atoms with Crippen molar-refractivity contribution in [3.63, 3.8) is 0 Å². The third-order valence-electron chi connectivity index (χ3n) is 2.79. The summed E-state index contributed by atoms with van der Waals surface area (Å²) in [6.45, 7) is 7.98. The van der Waals surface area contributed by atoms with E-state index in [1.807, 2.05) is 13.0 Å². The van der Waals surface area contributed by atoms with Gasteiger partial charge in [-0.3, -0.25) is 9.69 Å². The van der Waals surface area contributed by atoms with Gasteiger partial charge in [0.1, 0.15) is 6.04 Å². The molecule has 1 fully saturated rings. The summed E-state index contributed by atoms with van der Waals surface area (Å²) in [4.78, 5) is 13.9. The van der Waals surface area contributed by atoms with Crippen molar-refractivity contribution < 1.29 is 9.53 Å². The van der Waals surface area contributed by atoms with E-state index in [9.17, 15) is 4.79 Å². The zero-order valence-electron chi connectivity index (χ0n) is 9.58. The first-order valence-corrected chi connectivity index (χ1v) is 5.81. The second kappa shape index (κ2) is 6.62. The molecule has 0 amide bonds. The Bertz CT molecular complexity index is 216. The lowest BCUT2D eigenvalue weighted by molar-refractivity contribution is -0.150. The number of likely N-dealkylation sites (tertiary alicyclic amines) is 1. The number of hydrogen-bond acceptors (Lipinski definition) is 3. The Balaban J connectivity index is 2.48. The number of piperidine rings is 1. The van der Waals surface area contributed by atoms with Gasteiger partial charge in [0.2, 0.25) is 0 Å². The van der Waals surface area contributed by atoms with E-state index in [1.54, 1.807) is 0 Å². The van der Waals surface area contributed by atoms with Gasteiger partial charge in [0, 0.05) is 6.54 Å². The lowest BCUT2D eigenvalue weighted by Gasteiger charge is -2.33. The molecule has 0 spiro atoms. The lowest BCUT2D eigenvalue weighted by atomic mass is 10.0. The number of carbonyl (C=O) groups is 1. The Morgan fingerprint density at radius 2 is 2.40 bits per heavy atom. The van der Waals surface area contributed by atoms with E-state index in [4.69, 9.17) is 4.74 Å². The molecule has 0 bridgehead atoms. The van der Waals surface area contributed by atoms with Crippen LogP contribution >= 0.6 is 0 Å². The van der Waals surface area contributed by atoms with Gasteiger partial charge in [-0.15, -0.1) is 6.58 Å². The summed E-state index contributed by atoms with van der Waals surface area (Å²) in [5.74, 6) is -0.0544. The topological polar surface area (TPSA) is 29.5 Å². The monoisotopic (exact) mass is 211 g/mol. The number of ether oxygens (including phenoxy) is 1. The van der Waals surface area contributed by atoms with Crippen LogP contribution in [0.1, 0.15) is 32.6 Å². The molecule has 0 N–H and O–H groups in total. The molecular weight excluding hydrogens is 190 g/mol. The van der Waals surface area contributed by atoms with E-state index < -0.39 is 0 Å². The molecule has 0 radical (unpaired) electrons. The molecule has 3 heteroatoms. The Hall–Kier alpha value is -0.830. The molecule has 3 nitrogen and oxygen atoms in total. The van der Waals surface area contributed by atoms with Crippen molar-refractivity contribution in [1.82, 2.24) is 4.90 Å². The first-order chi connectivity index (χ1) is 7.29. The smallest absolute Gasteiger partial charge is 0.323 e. The largest absolute Gasteiger partial charge is 0.465 e. The molecule has 0 aromatic heterocycles. The Kier molecular flexibility index (Phi) is 5.40. The van der Waals surface area contributed by atoms with E-state index in [1.165, 1.54) is 6.42 Å². The maximum absolute atomic E-state index is 11.7. The maximum Gasteiger partial charge on any atom is 0.323 e. The summed E-state index contributed by atoms with van der Waals surface area (Å²) in [6, 6.07) is -0.0151. The molecule has 1 aliphatic heterocycles.